The lowest BCUT2D eigenvalue weighted by molar-refractivity contribution is -0.131. The van der Waals surface area contributed by atoms with Crippen LogP contribution in [-0.2, 0) is 11.2 Å². The number of aromatic nitrogens is 2. The molecule has 2 aromatic carbocycles. The Labute approximate surface area is 166 Å². The molecule has 5 nitrogen and oxygen atoms in total. The first kappa shape index (κ1) is 18.7. The van der Waals surface area contributed by atoms with Gasteiger partial charge in [0.25, 0.3) is 0 Å². The summed E-state index contributed by atoms with van der Waals surface area (Å²) in [7, 11) is 1.89. The normalized spacial score (nSPS) is 15.8. The molecule has 0 atom stereocenters. The number of likely N-dealkylation sites (tertiary alicyclic amines) is 1. The van der Waals surface area contributed by atoms with Gasteiger partial charge in [-0.15, -0.1) is 0 Å². The molecule has 2 heterocycles. The first-order valence-corrected chi connectivity index (χ1v) is 10.1. The van der Waals surface area contributed by atoms with E-state index in [2.05, 4.69) is 45.2 Å². The fourth-order valence-electron chi connectivity index (χ4n) is 3.98. The minimum Gasteiger partial charge on any atom is -0.344 e. The Kier molecular flexibility index (Phi) is 5.72. The van der Waals surface area contributed by atoms with Crippen LogP contribution in [0.2, 0.25) is 0 Å². The molecule has 1 aliphatic rings. The van der Waals surface area contributed by atoms with Crippen molar-refractivity contribution >= 4 is 16.9 Å². The van der Waals surface area contributed by atoms with Crippen LogP contribution in [0.4, 0.5) is 0 Å². The molecule has 4 rings (SSSR count). The summed E-state index contributed by atoms with van der Waals surface area (Å²) in [6.45, 7) is 3.17. The molecule has 0 radical (unpaired) electrons. The number of carbonyl (C=O) groups is 1. The van der Waals surface area contributed by atoms with E-state index in [4.69, 9.17) is 0 Å². The molecule has 28 heavy (non-hydrogen) atoms. The zero-order valence-electron chi connectivity index (χ0n) is 16.5. The third kappa shape index (κ3) is 4.42. The number of benzene rings is 2. The van der Waals surface area contributed by atoms with Gasteiger partial charge in [0, 0.05) is 20.0 Å². The number of aromatic amines is 1. The lowest BCUT2D eigenvalue weighted by Crippen LogP contribution is -2.42. The zero-order valence-corrected chi connectivity index (χ0v) is 16.5. The van der Waals surface area contributed by atoms with Crippen LogP contribution < -0.4 is 0 Å². The van der Waals surface area contributed by atoms with E-state index in [1.165, 1.54) is 5.56 Å². The lowest BCUT2D eigenvalue weighted by Gasteiger charge is -2.32. The Balaban J connectivity index is 1.23. The number of piperidine rings is 1. The maximum Gasteiger partial charge on any atom is 0.236 e. The number of para-hydroxylation sites is 2. The first-order valence-electron chi connectivity index (χ1n) is 10.1. The van der Waals surface area contributed by atoms with Gasteiger partial charge in [0.2, 0.25) is 5.91 Å². The van der Waals surface area contributed by atoms with Gasteiger partial charge in [-0.2, -0.15) is 0 Å². The smallest absolute Gasteiger partial charge is 0.236 e. The first-order chi connectivity index (χ1) is 13.7. The van der Waals surface area contributed by atoms with Gasteiger partial charge in [-0.25, -0.2) is 4.98 Å². The molecule has 3 aromatic rings. The predicted molar refractivity (Wildman–Crippen MR) is 112 cm³/mol. The van der Waals surface area contributed by atoms with Crippen molar-refractivity contribution in [3.63, 3.8) is 0 Å². The van der Waals surface area contributed by atoms with Gasteiger partial charge in [-0.3, -0.25) is 9.69 Å². The van der Waals surface area contributed by atoms with Gasteiger partial charge in [-0.05, 0) is 49.5 Å². The molecule has 1 fully saturated rings. The van der Waals surface area contributed by atoms with Crippen LogP contribution in [0, 0.1) is 0 Å². The second-order valence-electron chi connectivity index (χ2n) is 7.73. The summed E-state index contributed by atoms with van der Waals surface area (Å²) in [5, 5.41) is 0. The molecule has 0 saturated carbocycles. The van der Waals surface area contributed by atoms with Gasteiger partial charge in [-0.1, -0.05) is 42.5 Å². The van der Waals surface area contributed by atoms with Crippen molar-refractivity contribution in [3.05, 3.63) is 66.0 Å². The van der Waals surface area contributed by atoms with E-state index in [0.29, 0.717) is 19.0 Å². The fourth-order valence-corrected chi connectivity index (χ4v) is 3.98. The lowest BCUT2D eigenvalue weighted by atomic mass is 9.89. The number of carbonyl (C=O) groups excluding carboxylic acids is 1. The monoisotopic (exact) mass is 376 g/mol. The highest BCUT2D eigenvalue weighted by Crippen LogP contribution is 2.27. The van der Waals surface area contributed by atoms with Gasteiger partial charge in [0.15, 0.2) is 0 Å². The molecular formula is C23H28N4O. The van der Waals surface area contributed by atoms with Gasteiger partial charge in [0.1, 0.15) is 5.82 Å². The number of fused-ring (bicyclic) bond motifs is 1. The second-order valence-corrected chi connectivity index (χ2v) is 7.73. The molecule has 0 bridgehead atoms. The van der Waals surface area contributed by atoms with E-state index < -0.39 is 0 Å². The average molecular weight is 377 g/mol. The number of nitrogens with zero attached hydrogens (tertiary/aromatic N) is 3. The Morgan fingerprint density at radius 3 is 2.57 bits per heavy atom. The molecule has 0 unspecified atom stereocenters. The van der Waals surface area contributed by atoms with Crippen molar-refractivity contribution in [3.8, 4) is 0 Å². The van der Waals surface area contributed by atoms with Crippen LogP contribution in [0.25, 0.3) is 11.0 Å². The van der Waals surface area contributed by atoms with E-state index in [1.54, 1.807) is 0 Å². The van der Waals surface area contributed by atoms with Crippen molar-refractivity contribution < 1.29 is 4.79 Å². The quantitative estimate of drug-likeness (QED) is 0.717. The Morgan fingerprint density at radius 2 is 1.82 bits per heavy atom. The molecule has 146 valence electrons. The van der Waals surface area contributed by atoms with Gasteiger partial charge in [0.05, 0.1) is 17.6 Å². The van der Waals surface area contributed by atoms with Gasteiger partial charge >= 0.3 is 0 Å². The molecular weight excluding hydrogens is 348 g/mol. The number of amides is 1. The molecule has 1 N–H and O–H groups in total. The van der Waals surface area contributed by atoms with E-state index in [-0.39, 0.29) is 5.91 Å². The minimum absolute atomic E-state index is 0.189. The van der Waals surface area contributed by atoms with Crippen LogP contribution in [0.1, 0.15) is 30.1 Å². The second kappa shape index (κ2) is 8.57. The van der Waals surface area contributed by atoms with Crippen molar-refractivity contribution in [2.45, 2.75) is 25.2 Å². The molecule has 1 saturated heterocycles. The van der Waals surface area contributed by atoms with Crippen molar-refractivity contribution in [1.82, 2.24) is 19.8 Å². The topological polar surface area (TPSA) is 52.2 Å². The SMILES string of the molecule is CN(CCc1nc2ccccc2[nH]1)C(=O)CN1CCC(c2ccccc2)CC1. The fraction of sp³-hybridized carbons (Fsp3) is 0.391. The maximum absolute atomic E-state index is 12.6. The standard InChI is InChI=1S/C23H28N4O/c1-26(14-13-22-24-20-9-5-6-10-21(20)25-22)23(28)17-27-15-11-19(12-16-27)18-7-3-2-4-8-18/h2-10,19H,11-17H2,1H3,(H,24,25). The summed E-state index contributed by atoms with van der Waals surface area (Å²) in [5.41, 5.74) is 3.46. The molecule has 1 amide bonds. The minimum atomic E-state index is 0.189. The summed E-state index contributed by atoms with van der Waals surface area (Å²) < 4.78 is 0. The predicted octanol–water partition coefficient (Wildman–Crippen LogP) is 3.44. The molecule has 1 aliphatic heterocycles. The molecule has 0 spiro atoms. The van der Waals surface area contributed by atoms with E-state index in [1.807, 2.05) is 36.2 Å². The van der Waals surface area contributed by atoms with Crippen LogP contribution in [0.5, 0.6) is 0 Å². The number of rotatable bonds is 6. The third-order valence-corrected chi connectivity index (χ3v) is 5.77. The highest BCUT2D eigenvalue weighted by atomic mass is 16.2. The van der Waals surface area contributed by atoms with Crippen molar-refractivity contribution in [2.75, 3.05) is 33.2 Å². The summed E-state index contributed by atoms with van der Waals surface area (Å²) in [6, 6.07) is 18.8. The van der Waals surface area contributed by atoms with Crippen molar-refractivity contribution in [1.29, 1.82) is 0 Å². The Hall–Kier alpha value is -2.66. The van der Waals surface area contributed by atoms with Crippen molar-refractivity contribution in [2.24, 2.45) is 0 Å². The average Bonchev–Trinajstić information content (AvgIpc) is 3.16. The summed E-state index contributed by atoms with van der Waals surface area (Å²) in [6.07, 6.45) is 2.99. The number of imidazole rings is 1. The molecule has 1 aromatic heterocycles. The number of likely N-dealkylation sites (N-methyl/N-ethyl adjacent to an activating group) is 1. The van der Waals surface area contributed by atoms with Crippen LogP contribution >= 0.6 is 0 Å². The highest BCUT2D eigenvalue weighted by Gasteiger charge is 2.23. The van der Waals surface area contributed by atoms with Crippen LogP contribution in [0.3, 0.4) is 0 Å². The molecule has 0 aliphatic carbocycles. The number of H-pyrrole nitrogens is 1. The van der Waals surface area contributed by atoms with Gasteiger partial charge < -0.3 is 9.88 Å². The maximum atomic E-state index is 12.6. The number of hydrogen-bond donors (Lipinski definition) is 1. The number of hydrogen-bond acceptors (Lipinski definition) is 3. The summed E-state index contributed by atoms with van der Waals surface area (Å²) >= 11 is 0. The largest absolute Gasteiger partial charge is 0.344 e. The Bertz CT molecular complexity index is 880. The van der Waals surface area contributed by atoms with E-state index in [9.17, 15) is 4.79 Å². The zero-order chi connectivity index (χ0) is 19.3. The number of nitrogens with one attached hydrogen (secondary N) is 1. The molecule has 5 heteroatoms. The van der Waals surface area contributed by atoms with E-state index >= 15 is 0 Å². The summed E-state index contributed by atoms with van der Waals surface area (Å²) in [4.78, 5) is 24.7. The Morgan fingerprint density at radius 1 is 1.11 bits per heavy atom. The highest BCUT2D eigenvalue weighted by molar-refractivity contribution is 5.78. The summed E-state index contributed by atoms with van der Waals surface area (Å²) in [5.74, 6) is 1.75. The van der Waals surface area contributed by atoms with Crippen LogP contribution in [0.15, 0.2) is 54.6 Å². The van der Waals surface area contributed by atoms with E-state index in [0.717, 1.165) is 49.2 Å². The third-order valence-electron chi connectivity index (χ3n) is 5.77. The van der Waals surface area contributed by atoms with Crippen LogP contribution in [-0.4, -0.2) is 58.9 Å².